The summed E-state index contributed by atoms with van der Waals surface area (Å²) in [6.45, 7) is -0.128. The van der Waals surface area contributed by atoms with Crippen molar-refractivity contribution < 1.29 is 28.6 Å². The quantitative estimate of drug-likeness (QED) is 0.468. The fraction of sp³-hybridized carbons (Fsp3) is 0.312. The first-order valence-corrected chi connectivity index (χ1v) is 6.96. The van der Waals surface area contributed by atoms with Crippen LogP contribution < -0.4 is 0 Å². The number of hydrogen-bond acceptors (Lipinski definition) is 6. The first kappa shape index (κ1) is 13.2. The molecule has 6 heteroatoms. The number of cyclic esters (lactones) is 2. The van der Waals surface area contributed by atoms with Crippen molar-refractivity contribution in [1.82, 2.24) is 0 Å². The summed E-state index contributed by atoms with van der Waals surface area (Å²) >= 11 is 0. The summed E-state index contributed by atoms with van der Waals surface area (Å²) in [5.74, 6) is -3.05. The highest BCUT2D eigenvalue weighted by molar-refractivity contribution is 5.99. The number of carbonyl (C=O) groups is 3. The van der Waals surface area contributed by atoms with Crippen LogP contribution in [0.4, 0.5) is 0 Å². The highest BCUT2D eigenvalue weighted by atomic mass is 16.6. The number of rotatable bonds is 3. The van der Waals surface area contributed by atoms with Crippen molar-refractivity contribution in [2.75, 3.05) is 6.61 Å². The summed E-state index contributed by atoms with van der Waals surface area (Å²) in [5, 5.41) is 0. The topological polar surface area (TPSA) is 78.9 Å². The molecule has 112 valence electrons. The van der Waals surface area contributed by atoms with Gasteiger partial charge in [-0.25, -0.2) is 4.79 Å². The zero-order valence-corrected chi connectivity index (χ0v) is 11.4. The van der Waals surface area contributed by atoms with E-state index in [0.29, 0.717) is 5.56 Å². The van der Waals surface area contributed by atoms with Crippen molar-refractivity contribution in [3.05, 3.63) is 48.0 Å². The van der Waals surface area contributed by atoms with E-state index in [1.807, 2.05) is 0 Å². The van der Waals surface area contributed by atoms with E-state index in [0.717, 1.165) is 0 Å². The molecule has 0 saturated carbocycles. The fourth-order valence-electron chi connectivity index (χ4n) is 3.31. The van der Waals surface area contributed by atoms with Gasteiger partial charge in [0.25, 0.3) is 0 Å². The van der Waals surface area contributed by atoms with E-state index in [9.17, 15) is 14.4 Å². The maximum atomic E-state index is 12.0. The van der Waals surface area contributed by atoms with Gasteiger partial charge in [-0.15, -0.1) is 0 Å². The second-order valence-electron chi connectivity index (χ2n) is 5.58. The maximum absolute atomic E-state index is 12.0. The highest BCUT2D eigenvalue weighted by Gasteiger charge is 2.67. The van der Waals surface area contributed by atoms with Crippen molar-refractivity contribution >= 4 is 17.9 Å². The second kappa shape index (κ2) is 4.51. The van der Waals surface area contributed by atoms with Gasteiger partial charge in [-0.3, -0.25) is 9.59 Å². The Hall–Kier alpha value is -2.47. The number of carbonyl (C=O) groups excluding carboxylic acids is 3. The van der Waals surface area contributed by atoms with Crippen LogP contribution in [-0.2, 0) is 23.8 Å². The Morgan fingerprint density at radius 1 is 1.18 bits per heavy atom. The van der Waals surface area contributed by atoms with Gasteiger partial charge in [-0.1, -0.05) is 24.3 Å². The largest absolute Gasteiger partial charge is 0.459 e. The Kier molecular flexibility index (Phi) is 2.71. The molecule has 2 bridgehead atoms. The predicted molar refractivity (Wildman–Crippen MR) is 71.5 cm³/mol. The van der Waals surface area contributed by atoms with Crippen LogP contribution in [-0.4, -0.2) is 36.2 Å². The van der Waals surface area contributed by atoms with Crippen molar-refractivity contribution in [3.8, 4) is 0 Å². The van der Waals surface area contributed by atoms with Crippen molar-refractivity contribution in [2.24, 2.45) is 11.8 Å². The molecule has 0 aliphatic carbocycles. The summed E-state index contributed by atoms with van der Waals surface area (Å²) in [6.07, 6.45) is 2.92. The number of ether oxygens (including phenoxy) is 3. The highest BCUT2D eigenvalue weighted by Crippen LogP contribution is 2.51. The average Bonchev–Trinajstić information content (AvgIpc) is 3.18. The first-order valence-electron chi connectivity index (χ1n) is 6.96. The van der Waals surface area contributed by atoms with Crippen LogP contribution in [0.3, 0.4) is 0 Å². The zero-order valence-electron chi connectivity index (χ0n) is 11.4. The molecule has 0 N–H and O–H groups in total. The smallest absolute Gasteiger partial charge is 0.338 e. The number of esters is 3. The summed E-state index contributed by atoms with van der Waals surface area (Å²) in [7, 11) is 0. The average molecular weight is 300 g/mol. The Bertz CT molecular complexity index is 694. The molecule has 2 fully saturated rings. The molecule has 0 unspecified atom stereocenters. The van der Waals surface area contributed by atoms with Gasteiger partial charge in [0, 0.05) is 0 Å². The van der Waals surface area contributed by atoms with Gasteiger partial charge in [0.05, 0.1) is 11.7 Å². The van der Waals surface area contributed by atoms with Crippen LogP contribution in [0.2, 0.25) is 0 Å². The molecule has 0 aromatic heterocycles. The summed E-state index contributed by atoms with van der Waals surface area (Å²) in [4.78, 5) is 35.6. The molecule has 0 spiro atoms. The lowest BCUT2D eigenvalue weighted by Gasteiger charge is -2.26. The molecule has 6 nitrogen and oxygen atoms in total. The van der Waals surface area contributed by atoms with Gasteiger partial charge in [0.2, 0.25) is 0 Å². The molecular formula is C16H12O6. The van der Waals surface area contributed by atoms with Gasteiger partial charge >= 0.3 is 17.9 Å². The van der Waals surface area contributed by atoms with Gasteiger partial charge in [0.15, 0.2) is 0 Å². The Labute approximate surface area is 125 Å². The molecule has 3 aliphatic heterocycles. The molecule has 3 heterocycles. The number of fused-ring (bicyclic) bond motifs is 5. The Balaban J connectivity index is 1.53. The minimum absolute atomic E-state index is 0.128. The molecule has 4 rings (SSSR count). The summed E-state index contributed by atoms with van der Waals surface area (Å²) in [6, 6.07) is 8.54. The first-order chi connectivity index (χ1) is 10.6. The standard InChI is InChI=1S/C16H12O6/c17-13(9-4-2-1-3-5-9)20-8-16-7-6-10(22-16)11-12(16)15(19)21-14(11)18/h1-7,10-12H,8H2/t10-,11+,12+,16-/m0/s1. The van der Waals surface area contributed by atoms with Crippen LogP contribution in [0.15, 0.2) is 42.5 Å². The predicted octanol–water partition coefficient (Wildman–Crippen LogP) is 0.867. The normalized spacial score (nSPS) is 34.6. The molecule has 22 heavy (non-hydrogen) atoms. The molecular weight excluding hydrogens is 288 g/mol. The molecule has 4 atom stereocenters. The monoisotopic (exact) mass is 300 g/mol. The lowest BCUT2D eigenvalue weighted by Crippen LogP contribution is -2.42. The molecule has 1 aromatic rings. The van der Waals surface area contributed by atoms with Gasteiger partial charge in [-0.05, 0) is 18.2 Å². The van der Waals surface area contributed by atoms with Gasteiger partial charge < -0.3 is 14.2 Å². The van der Waals surface area contributed by atoms with Crippen LogP contribution in [0.1, 0.15) is 10.4 Å². The third kappa shape index (κ3) is 1.74. The van der Waals surface area contributed by atoms with E-state index in [4.69, 9.17) is 9.47 Å². The second-order valence-corrected chi connectivity index (χ2v) is 5.58. The van der Waals surface area contributed by atoms with Crippen LogP contribution in [0.5, 0.6) is 0 Å². The Morgan fingerprint density at radius 2 is 1.95 bits per heavy atom. The maximum Gasteiger partial charge on any atom is 0.338 e. The molecule has 2 saturated heterocycles. The van der Waals surface area contributed by atoms with Crippen LogP contribution in [0, 0.1) is 11.8 Å². The minimum atomic E-state index is -1.09. The Morgan fingerprint density at radius 3 is 2.73 bits per heavy atom. The fourth-order valence-corrected chi connectivity index (χ4v) is 3.31. The van der Waals surface area contributed by atoms with Gasteiger partial charge in [0.1, 0.15) is 24.0 Å². The van der Waals surface area contributed by atoms with E-state index in [1.54, 1.807) is 42.5 Å². The molecule has 0 amide bonds. The van der Waals surface area contributed by atoms with Crippen LogP contribution >= 0.6 is 0 Å². The van der Waals surface area contributed by atoms with E-state index >= 15 is 0 Å². The molecule has 0 radical (unpaired) electrons. The van der Waals surface area contributed by atoms with Crippen molar-refractivity contribution in [3.63, 3.8) is 0 Å². The summed E-state index contributed by atoms with van der Waals surface area (Å²) < 4.78 is 15.7. The minimum Gasteiger partial charge on any atom is -0.459 e. The van der Waals surface area contributed by atoms with E-state index in [-0.39, 0.29) is 6.61 Å². The van der Waals surface area contributed by atoms with Crippen molar-refractivity contribution in [1.29, 1.82) is 0 Å². The van der Waals surface area contributed by atoms with Gasteiger partial charge in [-0.2, -0.15) is 0 Å². The van der Waals surface area contributed by atoms with E-state index < -0.39 is 41.4 Å². The lowest BCUT2D eigenvalue weighted by molar-refractivity contribution is -0.159. The third-order valence-electron chi connectivity index (χ3n) is 4.33. The van der Waals surface area contributed by atoms with Crippen LogP contribution in [0.25, 0.3) is 0 Å². The van der Waals surface area contributed by atoms with E-state index in [2.05, 4.69) is 4.74 Å². The SMILES string of the molecule is O=C(OC[C@]12C=C[C@H](O1)[C@H]1C(=O)OC(=O)[C@@H]12)c1ccccc1. The third-order valence-corrected chi connectivity index (χ3v) is 4.33. The van der Waals surface area contributed by atoms with Crippen molar-refractivity contribution in [2.45, 2.75) is 11.7 Å². The lowest BCUT2D eigenvalue weighted by atomic mass is 9.77. The zero-order chi connectivity index (χ0) is 15.3. The number of benzene rings is 1. The molecule has 3 aliphatic rings. The number of hydrogen-bond donors (Lipinski definition) is 0. The molecule has 1 aromatic carbocycles. The van der Waals surface area contributed by atoms with E-state index in [1.165, 1.54) is 0 Å². The summed E-state index contributed by atoms with van der Waals surface area (Å²) in [5.41, 5.74) is -0.680.